The first-order chi connectivity index (χ1) is 5.33. The fraction of sp³-hybridized carbons (Fsp3) is 0.429. The molecule has 1 aromatic heterocycles. The van der Waals surface area contributed by atoms with E-state index in [2.05, 4.69) is 10.3 Å². The molecule has 0 spiro atoms. The normalized spacial score (nSPS) is 9.45. The Morgan fingerprint density at radius 2 is 2.64 bits per heavy atom. The van der Waals surface area contributed by atoms with Crippen molar-refractivity contribution in [2.75, 3.05) is 6.54 Å². The number of nitriles is 1. The summed E-state index contributed by atoms with van der Waals surface area (Å²) >= 11 is 1.62. The molecule has 11 heavy (non-hydrogen) atoms. The average molecular weight is 167 g/mol. The molecule has 4 heteroatoms. The number of nitrogens with zero attached hydrogens (tertiary/aromatic N) is 2. The van der Waals surface area contributed by atoms with Crippen molar-refractivity contribution in [1.29, 1.82) is 5.26 Å². The van der Waals surface area contributed by atoms with E-state index >= 15 is 0 Å². The highest BCUT2D eigenvalue weighted by Gasteiger charge is 1.95. The highest BCUT2D eigenvalue weighted by atomic mass is 32.1. The number of hydrogen-bond acceptors (Lipinski definition) is 4. The molecule has 0 fully saturated rings. The SMILES string of the molecule is Cc1csc(CNCC#N)n1. The summed E-state index contributed by atoms with van der Waals surface area (Å²) in [6, 6.07) is 2.01. The minimum Gasteiger partial charge on any atom is -0.298 e. The van der Waals surface area contributed by atoms with Crippen molar-refractivity contribution in [1.82, 2.24) is 10.3 Å². The molecule has 0 radical (unpaired) electrons. The smallest absolute Gasteiger partial charge is 0.107 e. The van der Waals surface area contributed by atoms with Crippen LogP contribution < -0.4 is 5.32 Å². The fourth-order valence-electron chi connectivity index (χ4n) is 0.709. The molecule has 58 valence electrons. The van der Waals surface area contributed by atoms with Gasteiger partial charge in [0.05, 0.1) is 12.6 Å². The molecule has 0 saturated heterocycles. The van der Waals surface area contributed by atoms with E-state index in [0.717, 1.165) is 10.7 Å². The van der Waals surface area contributed by atoms with Crippen LogP contribution in [-0.2, 0) is 6.54 Å². The van der Waals surface area contributed by atoms with Gasteiger partial charge in [0.2, 0.25) is 0 Å². The van der Waals surface area contributed by atoms with E-state index in [4.69, 9.17) is 5.26 Å². The van der Waals surface area contributed by atoms with E-state index in [1.54, 1.807) is 11.3 Å². The largest absolute Gasteiger partial charge is 0.298 e. The van der Waals surface area contributed by atoms with Crippen LogP contribution in [0.5, 0.6) is 0 Å². The fourth-order valence-corrected chi connectivity index (χ4v) is 1.45. The lowest BCUT2D eigenvalue weighted by Gasteiger charge is -1.92. The molecule has 0 bridgehead atoms. The van der Waals surface area contributed by atoms with E-state index in [-0.39, 0.29) is 0 Å². The van der Waals surface area contributed by atoms with Gasteiger partial charge in [-0.2, -0.15) is 5.26 Å². The summed E-state index contributed by atoms with van der Waals surface area (Å²) < 4.78 is 0. The van der Waals surface area contributed by atoms with Crippen LogP contribution in [0.3, 0.4) is 0 Å². The maximum atomic E-state index is 8.22. The summed E-state index contributed by atoms with van der Waals surface area (Å²) in [5.41, 5.74) is 1.05. The van der Waals surface area contributed by atoms with Gasteiger partial charge >= 0.3 is 0 Å². The maximum Gasteiger partial charge on any atom is 0.107 e. The van der Waals surface area contributed by atoms with Gasteiger partial charge in [0.25, 0.3) is 0 Å². The van der Waals surface area contributed by atoms with Crippen LogP contribution in [-0.4, -0.2) is 11.5 Å². The van der Waals surface area contributed by atoms with Gasteiger partial charge in [0.15, 0.2) is 0 Å². The van der Waals surface area contributed by atoms with Gasteiger partial charge in [-0.15, -0.1) is 11.3 Å². The van der Waals surface area contributed by atoms with Crippen molar-refractivity contribution < 1.29 is 0 Å². The number of rotatable bonds is 3. The Labute approximate surface area is 69.7 Å². The second-order valence-electron chi connectivity index (χ2n) is 2.14. The molecule has 1 N–H and O–H groups in total. The van der Waals surface area contributed by atoms with Crippen molar-refractivity contribution in [3.8, 4) is 6.07 Å². The first kappa shape index (κ1) is 8.18. The van der Waals surface area contributed by atoms with E-state index in [0.29, 0.717) is 13.1 Å². The van der Waals surface area contributed by atoms with Crippen LogP contribution in [0.15, 0.2) is 5.38 Å². The van der Waals surface area contributed by atoms with E-state index in [1.807, 2.05) is 18.4 Å². The molecule has 1 heterocycles. The second kappa shape index (κ2) is 4.06. The van der Waals surface area contributed by atoms with Crippen LogP contribution in [0, 0.1) is 18.3 Å². The third-order valence-electron chi connectivity index (χ3n) is 1.15. The summed E-state index contributed by atoms with van der Waals surface area (Å²) in [7, 11) is 0. The van der Waals surface area contributed by atoms with Crippen LogP contribution >= 0.6 is 11.3 Å². The molecule has 0 aromatic carbocycles. The number of thiazole rings is 1. The van der Waals surface area contributed by atoms with Crippen molar-refractivity contribution in [2.45, 2.75) is 13.5 Å². The van der Waals surface area contributed by atoms with Gasteiger partial charge in [-0.1, -0.05) is 0 Å². The van der Waals surface area contributed by atoms with Gasteiger partial charge < -0.3 is 0 Å². The van der Waals surface area contributed by atoms with Crippen LogP contribution in [0.25, 0.3) is 0 Å². The van der Waals surface area contributed by atoms with Crippen molar-refractivity contribution in [3.05, 3.63) is 16.1 Å². The lowest BCUT2D eigenvalue weighted by molar-refractivity contribution is 0.758. The van der Waals surface area contributed by atoms with Crippen LogP contribution in [0.2, 0.25) is 0 Å². The topological polar surface area (TPSA) is 48.7 Å². The Bertz CT molecular complexity index is 261. The molecule has 0 aliphatic carbocycles. The van der Waals surface area contributed by atoms with Crippen LogP contribution in [0.4, 0.5) is 0 Å². The summed E-state index contributed by atoms with van der Waals surface area (Å²) in [5.74, 6) is 0. The molecular formula is C7H9N3S. The maximum absolute atomic E-state index is 8.22. The number of aromatic nitrogens is 1. The van der Waals surface area contributed by atoms with E-state index in [1.165, 1.54) is 0 Å². The lowest BCUT2D eigenvalue weighted by atomic mass is 10.5. The zero-order valence-corrected chi connectivity index (χ0v) is 7.11. The first-order valence-corrected chi connectivity index (χ1v) is 4.19. The van der Waals surface area contributed by atoms with E-state index < -0.39 is 0 Å². The standard InChI is InChI=1S/C7H9N3S/c1-6-5-11-7(10-6)4-9-3-2-8/h5,9H,3-4H2,1H3. The predicted molar refractivity (Wildman–Crippen MR) is 44.2 cm³/mol. The molecule has 0 saturated carbocycles. The molecule has 3 nitrogen and oxygen atoms in total. The third kappa shape index (κ3) is 2.66. The monoisotopic (exact) mass is 167 g/mol. The summed E-state index contributed by atoms with van der Waals surface area (Å²) in [6.45, 7) is 3.05. The predicted octanol–water partition coefficient (Wildman–Crippen LogP) is 1.06. The highest BCUT2D eigenvalue weighted by Crippen LogP contribution is 2.07. The first-order valence-electron chi connectivity index (χ1n) is 3.31. The highest BCUT2D eigenvalue weighted by molar-refractivity contribution is 7.09. The van der Waals surface area contributed by atoms with Gasteiger partial charge in [-0.05, 0) is 6.92 Å². The Morgan fingerprint density at radius 1 is 1.82 bits per heavy atom. The molecule has 0 atom stereocenters. The summed E-state index contributed by atoms with van der Waals surface area (Å²) in [4.78, 5) is 4.23. The second-order valence-corrected chi connectivity index (χ2v) is 3.09. The Kier molecular flexibility index (Phi) is 3.02. The van der Waals surface area contributed by atoms with Crippen molar-refractivity contribution >= 4 is 11.3 Å². The zero-order valence-electron chi connectivity index (χ0n) is 6.29. The molecule has 0 aliphatic rings. The number of aryl methyl sites for hydroxylation is 1. The number of hydrogen-bond donors (Lipinski definition) is 1. The molecule has 0 amide bonds. The van der Waals surface area contributed by atoms with Gasteiger partial charge in [-0.3, -0.25) is 5.32 Å². The van der Waals surface area contributed by atoms with Gasteiger partial charge in [0, 0.05) is 17.6 Å². The Balaban J connectivity index is 2.34. The Hall–Kier alpha value is -0.920. The Morgan fingerprint density at radius 3 is 3.18 bits per heavy atom. The minimum absolute atomic E-state index is 0.388. The quantitative estimate of drug-likeness (QED) is 0.541. The van der Waals surface area contributed by atoms with E-state index in [9.17, 15) is 0 Å². The molecule has 0 aliphatic heterocycles. The minimum atomic E-state index is 0.388. The summed E-state index contributed by atoms with van der Waals surface area (Å²) in [6.07, 6.45) is 0. The van der Waals surface area contributed by atoms with Crippen molar-refractivity contribution in [2.24, 2.45) is 0 Å². The lowest BCUT2D eigenvalue weighted by Crippen LogP contribution is -2.12. The number of nitrogens with one attached hydrogen (secondary N) is 1. The third-order valence-corrected chi connectivity index (χ3v) is 2.11. The summed E-state index contributed by atoms with van der Waals surface area (Å²) in [5, 5.41) is 14.2. The van der Waals surface area contributed by atoms with Crippen LogP contribution in [0.1, 0.15) is 10.7 Å². The van der Waals surface area contributed by atoms with Gasteiger partial charge in [-0.25, -0.2) is 4.98 Å². The zero-order chi connectivity index (χ0) is 8.10. The molecular weight excluding hydrogens is 158 g/mol. The molecule has 1 rings (SSSR count). The van der Waals surface area contributed by atoms with Crippen molar-refractivity contribution in [3.63, 3.8) is 0 Å². The molecule has 1 aromatic rings. The average Bonchev–Trinajstić information content (AvgIpc) is 2.37. The van der Waals surface area contributed by atoms with Gasteiger partial charge in [0.1, 0.15) is 5.01 Å². The molecule has 0 unspecified atom stereocenters.